The predicted molar refractivity (Wildman–Crippen MR) is 91.8 cm³/mol. The number of benzene rings is 2. The highest BCUT2D eigenvalue weighted by molar-refractivity contribution is 8.64. The Morgan fingerprint density at radius 2 is 1.52 bits per heavy atom. The molecule has 0 saturated carbocycles. The van der Waals surface area contributed by atoms with Crippen LogP contribution in [0.4, 0.5) is 0 Å². The molecule has 0 aliphatic carbocycles. The molecule has 0 spiro atoms. The first-order valence-corrected chi connectivity index (χ1v) is 10.6. The van der Waals surface area contributed by atoms with Crippen LogP contribution in [0.2, 0.25) is 0 Å². The van der Waals surface area contributed by atoms with Gasteiger partial charge in [0.05, 0.1) is 0 Å². The molecule has 2 rings (SSSR count). The largest absolute Gasteiger partial charge is 0.425 e. The number of hydrogen-bond acceptors (Lipinski definition) is 3. The van der Waals surface area contributed by atoms with E-state index < -0.39 is 5.92 Å². The summed E-state index contributed by atoms with van der Waals surface area (Å²) in [7, 11) is 0. The van der Waals surface area contributed by atoms with E-state index in [1.54, 1.807) is 0 Å². The van der Waals surface area contributed by atoms with Gasteiger partial charge in [-0.05, 0) is 73.6 Å². The van der Waals surface area contributed by atoms with E-state index in [4.69, 9.17) is 15.8 Å². The highest BCUT2D eigenvalue weighted by Gasteiger charge is 2.25. The summed E-state index contributed by atoms with van der Waals surface area (Å²) in [5, 5.41) is 0. The van der Waals surface area contributed by atoms with Crippen molar-refractivity contribution >= 4 is 28.5 Å². The molecule has 0 aliphatic rings. The topological polar surface area (TPSA) is 26.3 Å². The maximum atomic E-state index is 12.5. The summed E-state index contributed by atoms with van der Waals surface area (Å²) in [4.78, 5) is 0.878. The van der Waals surface area contributed by atoms with Crippen LogP contribution >= 0.6 is 28.5 Å². The fourth-order valence-corrected chi connectivity index (χ4v) is 5.67. The minimum atomic E-state index is -3.33. The summed E-state index contributed by atoms with van der Waals surface area (Å²) >= 11 is 7.21. The van der Waals surface area contributed by atoms with E-state index in [-0.39, 0.29) is 0 Å². The molecule has 5 heteroatoms. The molecule has 1 atom stereocenters. The molecule has 2 nitrogen and oxygen atoms in total. The van der Waals surface area contributed by atoms with Crippen molar-refractivity contribution < 1.29 is 9.09 Å². The molecule has 0 bridgehead atoms. The van der Waals surface area contributed by atoms with Crippen LogP contribution in [0.1, 0.15) is 22.3 Å². The van der Waals surface area contributed by atoms with Crippen molar-refractivity contribution in [3.05, 3.63) is 58.7 Å². The number of rotatable bonds is 4. The number of halogens is 1. The molecular formula is C16H18ClO2PS. The van der Waals surface area contributed by atoms with Gasteiger partial charge in [0.25, 0.3) is 0 Å². The fourth-order valence-electron chi connectivity index (χ4n) is 2.06. The molecule has 2 aromatic carbocycles. The van der Waals surface area contributed by atoms with E-state index in [0.29, 0.717) is 5.75 Å². The van der Waals surface area contributed by atoms with Crippen LogP contribution in [0.25, 0.3) is 0 Å². The summed E-state index contributed by atoms with van der Waals surface area (Å²) < 4.78 is 18.1. The lowest BCUT2D eigenvalue weighted by Gasteiger charge is -2.15. The highest BCUT2D eigenvalue weighted by Crippen LogP contribution is 2.67. The second-order valence-corrected chi connectivity index (χ2v) is 10.7. The van der Waals surface area contributed by atoms with Gasteiger partial charge in [-0.2, -0.15) is 0 Å². The Hall–Kier alpha value is -0.890. The van der Waals surface area contributed by atoms with E-state index in [1.807, 2.05) is 64.1 Å². The Balaban J connectivity index is 2.20. The summed E-state index contributed by atoms with van der Waals surface area (Å²) in [5.74, 6) is -2.77. The lowest BCUT2D eigenvalue weighted by Crippen LogP contribution is -1.89. The van der Waals surface area contributed by atoms with Gasteiger partial charge in [-0.3, -0.25) is 0 Å². The maximum absolute atomic E-state index is 12.5. The molecule has 2 aromatic rings. The Morgan fingerprint density at radius 1 is 0.952 bits per heavy atom. The molecule has 0 amide bonds. The molecule has 0 saturated heterocycles. The van der Waals surface area contributed by atoms with E-state index in [2.05, 4.69) is 0 Å². The van der Waals surface area contributed by atoms with E-state index in [0.717, 1.165) is 38.5 Å². The van der Waals surface area contributed by atoms with Crippen molar-refractivity contribution in [3.63, 3.8) is 0 Å². The monoisotopic (exact) mass is 340 g/mol. The average molecular weight is 341 g/mol. The van der Waals surface area contributed by atoms with Gasteiger partial charge in [0, 0.05) is 4.90 Å². The summed E-state index contributed by atoms with van der Waals surface area (Å²) in [6.07, 6.45) is 0. The van der Waals surface area contributed by atoms with Crippen molar-refractivity contribution in [2.24, 2.45) is 0 Å². The van der Waals surface area contributed by atoms with Crippen LogP contribution in [0.15, 0.2) is 41.3 Å². The average Bonchev–Trinajstić information content (AvgIpc) is 2.36. The van der Waals surface area contributed by atoms with Gasteiger partial charge in [-0.1, -0.05) is 35.4 Å². The van der Waals surface area contributed by atoms with Gasteiger partial charge >= 0.3 is 5.92 Å². The van der Waals surface area contributed by atoms with Crippen LogP contribution in [-0.4, -0.2) is 0 Å². The van der Waals surface area contributed by atoms with Crippen molar-refractivity contribution in [3.8, 4) is 5.75 Å². The van der Waals surface area contributed by atoms with Gasteiger partial charge in [-0.15, -0.1) is 0 Å². The van der Waals surface area contributed by atoms with Gasteiger partial charge in [0.2, 0.25) is 0 Å². The third-order valence-electron chi connectivity index (χ3n) is 3.08. The molecule has 0 fully saturated rings. The molecule has 0 heterocycles. The molecular weight excluding hydrogens is 323 g/mol. The highest BCUT2D eigenvalue weighted by atomic mass is 35.7. The maximum Gasteiger partial charge on any atom is 0.398 e. The first-order valence-electron chi connectivity index (χ1n) is 6.60. The van der Waals surface area contributed by atoms with Crippen LogP contribution in [0.3, 0.4) is 0 Å². The van der Waals surface area contributed by atoms with Crippen LogP contribution in [0, 0.1) is 27.7 Å². The standard InChI is InChI=1S/C16H18ClO2PS/c1-11-5-7-15(13(3)9-11)19-20(17,18)21-16-8-6-12(2)10-14(16)4/h5-10H,1-4H3. The zero-order chi connectivity index (χ0) is 15.6. The minimum Gasteiger partial charge on any atom is -0.425 e. The lowest BCUT2D eigenvalue weighted by atomic mass is 10.1. The van der Waals surface area contributed by atoms with Crippen molar-refractivity contribution in [2.75, 3.05) is 0 Å². The third-order valence-corrected chi connectivity index (χ3v) is 6.66. The zero-order valence-electron chi connectivity index (χ0n) is 12.5. The Kier molecular flexibility index (Phi) is 5.08. The molecule has 0 aliphatic heterocycles. The molecule has 0 radical (unpaired) electrons. The fraction of sp³-hybridized carbons (Fsp3) is 0.250. The molecule has 112 valence electrons. The SMILES string of the molecule is Cc1ccc(OP(=O)(Cl)Sc2ccc(C)cc2C)c(C)c1. The summed E-state index contributed by atoms with van der Waals surface area (Å²) in [6, 6.07) is 11.6. The van der Waals surface area contributed by atoms with Gasteiger partial charge < -0.3 is 4.52 Å². The van der Waals surface area contributed by atoms with Gasteiger partial charge in [0.15, 0.2) is 0 Å². The Morgan fingerprint density at radius 3 is 2.10 bits per heavy atom. The quantitative estimate of drug-likeness (QED) is 0.599. The van der Waals surface area contributed by atoms with E-state index in [9.17, 15) is 4.57 Å². The van der Waals surface area contributed by atoms with Gasteiger partial charge in [0.1, 0.15) is 5.75 Å². The van der Waals surface area contributed by atoms with E-state index >= 15 is 0 Å². The normalized spacial score (nSPS) is 13.8. The van der Waals surface area contributed by atoms with Crippen LogP contribution < -0.4 is 4.52 Å². The predicted octanol–water partition coefficient (Wildman–Crippen LogP) is 6.44. The van der Waals surface area contributed by atoms with Crippen molar-refractivity contribution in [1.82, 2.24) is 0 Å². The lowest BCUT2D eigenvalue weighted by molar-refractivity contribution is 0.512. The Bertz CT molecular complexity index is 658. The van der Waals surface area contributed by atoms with Crippen LogP contribution in [0.5, 0.6) is 5.75 Å². The zero-order valence-corrected chi connectivity index (χ0v) is 15.0. The summed E-state index contributed by atoms with van der Waals surface area (Å²) in [5.41, 5.74) is 4.27. The van der Waals surface area contributed by atoms with Crippen molar-refractivity contribution in [2.45, 2.75) is 32.6 Å². The van der Waals surface area contributed by atoms with E-state index in [1.165, 1.54) is 0 Å². The number of aryl methyl sites for hydroxylation is 4. The first kappa shape index (κ1) is 16.5. The second-order valence-electron chi connectivity index (χ2n) is 5.15. The summed E-state index contributed by atoms with van der Waals surface area (Å²) in [6.45, 7) is 7.92. The molecule has 21 heavy (non-hydrogen) atoms. The first-order chi connectivity index (χ1) is 9.77. The third kappa shape index (κ3) is 4.54. The van der Waals surface area contributed by atoms with Gasteiger partial charge in [-0.25, -0.2) is 4.57 Å². The number of hydrogen-bond donors (Lipinski definition) is 0. The molecule has 1 unspecified atom stereocenters. The smallest absolute Gasteiger partial charge is 0.398 e. The second kappa shape index (κ2) is 6.48. The van der Waals surface area contributed by atoms with Crippen molar-refractivity contribution in [1.29, 1.82) is 0 Å². The molecule has 0 aromatic heterocycles. The Labute approximate surface area is 134 Å². The minimum absolute atomic E-state index is 0.566. The molecule has 0 N–H and O–H groups in total. The van der Waals surface area contributed by atoms with Crippen LogP contribution in [-0.2, 0) is 4.57 Å².